The zero-order chi connectivity index (χ0) is 21.4. The highest BCUT2D eigenvalue weighted by Gasteiger charge is 2.32. The summed E-state index contributed by atoms with van der Waals surface area (Å²) in [6.07, 6.45) is 5.84. The van der Waals surface area contributed by atoms with E-state index in [1.165, 1.54) is 41.6 Å². The summed E-state index contributed by atoms with van der Waals surface area (Å²) in [5, 5.41) is 0. The number of aromatic nitrogens is 2. The number of carbonyl (C=O) groups is 1. The molecule has 1 saturated carbocycles. The molecule has 1 aromatic heterocycles. The van der Waals surface area contributed by atoms with Gasteiger partial charge in [-0.3, -0.25) is 4.79 Å². The van der Waals surface area contributed by atoms with Crippen LogP contribution in [0.4, 0.5) is 11.6 Å². The van der Waals surface area contributed by atoms with Crippen molar-refractivity contribution in [1.82, 2.24) is 14.5 Å². The Bertz CT molecular complexity index is 918. The van der Waals surface area contributed by atoms with Gasteiger partial charge in [-0.15, -0.1) is 0 Å². The largest absolute Gasteiger partial charge is 0.337 e. The smallest absolute Gasteiger partial charge is 0.272 e. The molecule has 4 rings (SSSR count). The van der Waals surface area contributed by atoms with Gasteiger partial charge in [0.1, 0.15) is 5.69 Å². The van der Waals surface area contributed by atoms with Gasteiger partial charge in [0.05, 0.1) is 5.69 Å². The van der Waals surface area contributed by atoms with Gasteiger partial charge in [0, 0.05) is 31.9 Å². The van der Waals surface area contributed by atoms with Crippen molar-refractivity contribution >= 4 is 17.5 Å². The lowest BCUT2D eigenvalue weighted by molar-refractivity contribution is 0.0683. The first-order valence-corrected chi connectivity index (χ1v) is 11.6. The second-order valence-electron chi connectivity index (χ2n) is 9.30. The molecule has 5 nitrogen and oxygen atoms in total. The van der Waals surface area contributed by atoms with E-state index in [4.69, 9.17) is 4.98 Å². The van der Waals surface area contributed by atoms with Gasteiger partial charge in [-0.05, 0) is 70.4 Å². The monoisotopic (exact) mass is 408 g/mol. The highest BCUT2D eigenvalue weighted by atomic mass is 16.2. The average Bonchev–Trinajstić information content (AvgIpc) is 2.99. The van der Waals surface area contributed by atoms with E-state index in [1.807, 2.05) is 6.92 Å². The van der Waals surface area contributed by atoms with Crippen LogP contribution in [-0.4, -0.2) is 40.0 Å². The predicted octanol–water partition coefficient (Wildman–Crippen LogP) is 5.31. The Hall–Kier alpha value is -2.30. The van der Waals surface area contributed by atoms with Crippen LogP contribution in [0, 0.1) is 33.6 Å². The number of hydrogen-bond acceptors (Lipinski definition) is 3. The van der Waals surface area contributed by atoms with E-state index in [9.17, 15) is 4.79 Å². The summed E-state index contributed by atoms with van der Waals surface area (Å²) < 4.78 is 2.18. The van der Waals surface area contributed by atoms with E-state index in [1.54, 1.807) is 0 Å². The van der Waals surface area contributed by atoms with E-state index in [0.717, 1.165) is 56.4 Å². The Morgan fingerprint density at radius 3 is 2.40 bits per heavy atom. The second kappa shape index (κ2) is 8.44. The fourth-order valence-corrected chi connectivity index (χ4v) is 5.23. The van der Waals surface area contributed by atoms with Crippen LogP contribution in [0.1, 0.15) is 71.9 Å². The fraction of sp³-hybridized carbons (Fsp3) is 0.600. The number of imidazole rings is 1. The summed E-state index contributed by atoms with van der Waals surface area (Å²) >= 11 is 0. The van der Waals surface area contributed by atoms with Crippen molar-refractivity contribution in [1.29, 1.82) is 0 Å². The van der Waals surface area contributed by atoms with Crippen LogP contribution >= 0.6 is 0 Å². The third kappa shape index (κ3) is 3.75. The maximum atomic E-state index is 13.6. The van der Waals surface area contributed by atoms with Crippen LogP contribution in [0.2, 0.25) is 0 Å². The molecule has 0 bridgehead atoms. The van der Waals surface area contributed by atoms with Gasteiger partial charge in [-0.1, -0.05) is 31.0 Å². The minimum Gasteiger partial charge on any atom is -0.337 e. The summed E-state index contributed by atoms with van der Waals surface area (Å²) in [5.41, 5.74) is 6.72. The number of hydrogen-bond donors (Lipinski definition) is 0. The van der Waals surface area contributed by atoms with E-state index < -0.39 is 0 Å². The van der Waals surface area contributed by atoms with Crippen molar-refractivity contribution in [2.45, 2.75) is 73.3 Å². The lowest BCUT2D eigenvalue weighted by Gasteiger charge is -2.34. The number of nitrogens with zero attached hydrogens (tertiary/aromatic N) is 4. The molecule has 0 unspecified atom stereocenters. The van der Waals surface area contributed by atoms with Gasteiger partial charge in [-0.2, -0.15) is 0 Å². The average molecular weight is 409 g/mol. The molecule has 0 atom stereocenters. The van der Waals surface area contributed by atoms with Crippen LogP contribution in [-0.2, 0) is 6.54 Å². The van der Waals surface area contributed by atoms with Gasteiger partial charge in [0.25, 0.3) is 5.91 Å². The standard InChI is InChI=1S/C25H36N4O/c1-6-11-27(16-21-9-7-10-21)24(30)23-20(5)26-25-28(12-8-13-29(23)25)22-18(3)14-17(2)15-19(22)4/h14-15,21H,6-13,16H2,1-5H3. The summed E-state index contributed by atoms with van der Waals surface area (Å²) in [5.74, 6) is 1.77. The van der Waals surface area contributed by atoms with Gasteiger partial charge in [0.2, 0.25) is 5.95 Å². The van der Waals surface area contributed by atoms with Crippen molar-refractivity contribution in [2.75, 3.05) is 24.5 Å². The molecule has 0 N–H and O–H groups in total. The molecular weight excluding hydrogens is 372 g/mol. The van der Waals surface area contributed by atoms with Gasteiger partial charge in [-0.25, -0.2) is 4.98 Å². The van der Waals surface area contributed by atoms with Crippen LogP contribution < -0.4 is 4.90 Å². The predicted molar refractivity (Wildman–Crippen MR) is 123 cm³/mol. The summed E-state index contributed by atoms with van der Waals surface area (Å²) in [6, 6.07) is 4.48. The van der Waals surface area contributed by atoms with Crippen molar-refractivity contribution in [3.05, 3.63) is 40.2 Å². The zero-order valence-corrected chi connectivity index (χ0v) is 19.3. The second-order valence-corrected chi connectivity index (χ2v) is 9.30. The number of aryl methyl sites for hydroxylation is 4. The molecule has 0 spiro atoms. The molecule has 2 heterocycles. The lowest BCUT2D eigenvalue weighted by Crippen LogP contribution is -2.40. The van der Waals surface area contributed by atoms with Crippen molar-refractivity contribution in [3.63, 3.8) is 0 Å². The van der Waals surface area contributed by atoms with Crippen molar-refractivity contribution in [3.8, 4) is 0 Å². The minimum atomic E-state index is 0.166. The molecular formula is C25H36N4O. The molecule has 1 aliphatic heterocycles. The molecule has 1 aromatic carbocycles. The van der Waals surface area contributed by atoms with Crippen molar-refractivity contribution in [2.24, 2.45) is 5.92 Å². The first-order chi connectivity index (χ1) is 14.4. The Labute approximate surface area is 181 Å². The van der Waals surface area contributed by atoms with Gasteiger partial charge < -0.3 is 14.4 Å². The summed E-state index contributed by atoms with van der Waals surface area (Å²) in [4.78, 5) is 23.0. The van der Waals surface area contributed by atoms with Crippen LogP contribution in [0.3, 0.4) is 0 Å². The van der Waals surface area contributed by atoms with E-state index in [0.29, 0.717) is 5.92 Å². The molecule has 2 aromatic rings. The Kier molecular flexibility index (Phi) is 5.90. The molecule has 1 fully saturated rings. The van der Waals surface area contributed by atoms with Crippen molar-refractivity contribution < 1.29 is 4.79 Å². The maximum absolute atomic E-state index is 13.6. The number of carbonyl (C=O) groups excluding carboxylic acids is 1. The molecule has 162 valence electrons. The molecule has 0 saturated heterocycles. The lowest BCUT2D eigenvalue weighted by atomic mass is 9.85. The first-order valence-electron chi connectivity index (χ1n) is 11.6. The number of rotatable bonds is 6. The highest BCUT2D eigenvalue weighted by Crippen LogP contribution is 2.36. The van der Waals surface area contributed by atoms with E-state index in [2.05, 4.69) is 54.2 Å². The molecule has 1 amide bonds. The normalized spacial score (nSPS) is 16.4. The van der Waals surface area contributed by atoms with Crippen LogP contribution in [0.5, 0.6) is 0 Å². The summed E-state index contributed by atoms with van der Waals surface area (Å²) in [7, 11) is 0. The topological polar surface area (TPSA) is 41.4 Å². The maximum Gasteiger partial charge on any atom is 0.272 e. The van der Waals surface area contributed by atoms with Crippen LogP contribution in [0.15, 0.2) is 12.1 Å². The van der Waals surface area contributed by atoms with Gasteiger partial charge >= 0.3 is 0 Å². The third-order valence-corrected chi connectivity index (χ3v) is 6.72. The molecule has 0 radical (unpaired) electrons. The molecule has 1 aliphatic carbocycles. The molecule has 2 aliphatic rings. The number of amides is 1. The Balaban J connectivity index is 1.70. The third-order valence-electron chi connectivity index (χ3n) is 6.72. The zero-order valence-electron chi connectivity index (χ0n) is 19.3. The van der Waals surface area contributed by atoms with Gasteiger partial charge in [0.15, 0.2) is 0 Å². The molecule has 30 heavy (non-hydrogen) atoms. The number of anilines is 2. The fourth-order valence-electron chi connectivity index (χ4n) is 5.23. The summed E-state index contributed by atoms with van der Waals surface area (Å²) in [6.45, 7) is 14.2. The quantitative estimate of drug-likeness (QED) is 0.650. The number of fused-ring (bicyclic) bond motifs is 1. The SMILES string of the molecule is CCCN(CC1CCC1)C(=O)c1c(C)nc2n1CCCN2c1c(C)cc(C)cc1C. The Morgan fingerprint density at radius 2 is 1.80 bits per heavy atom. The highest BCUT2D eigenvalue weighted by molar-refractivity contribution is 5.94. The molecule has 5 heteroatoms. The van der Waals surface area contributed by atoms with E-state index in [-0.39, 0.29) is 5.91 Å². The van der Waals surface area contributed by atoms with E-state index >= 15 is 0 Å². The number of benzene rings is 1. The van der Waals surface area contributed by atoms with Crippen LogP contribution in [0.25, 0.3) is 0 Å². The first kappa shape index (κ1) is 21.0. The minimum absolute atomic E-state index is 0.166. The Morgan fingerprint density at radius 1 is 1.10 bits per heavy atom.